The zero-order valence-electron chi connectivity index (χ0n) is 18.2. The summed E-state index contributed by atoms with van der Waals surface area (Å²) in [4.78, 5) is 35.2. The third-order valence-corrected chi connectivity index (χ3v) is 6.22. The number of carbonyl (C=O) groups is 2. The van der Waals surface area contributed by atoms with Crippen molar-refractivity contribution in [2.24, 2.45) is 0 Å². The van der Waals surface area contributed by atoms with Gasteiger partial charge in [0.2, 0.25) is 5.91 Å². The molecule has 2 aliphatic heterocycles. The van der Waals surface area contributed by atoms with Crippen molar-refractivity contribution in [3.8, 4) is 6.07 Å². The molecule has 2 unspecified atom stereocenters. The lowest BCUT2D eigenvalue weighted by Crippen LogP contribution is -2.50. The molecule has 166 valence electrons. The summed E-state index contributed by atoms with van der Waals surface area (Å²) in [5.41, 5.74) is 2.68. The number of aromatic nitrogens is 1. The molecule has 0 aliphatic carbocycles. The van der Waals surface area contributed by atoms with Crippen molar-refractivity contribution < 1.29 is 14.3 Å². The summed E-state index contributed by atoms with van der Waals surface area (Å²) >= 11 is 0. The summed E-state index contributed by atoms with van der Waals surface area (Å²) in [5.74, 6) is 0.00395. The number of benzene rings is 1. The number of carbonyl (C=O) groups excluding carboxylic acids is 2. The Bertz CT molecular complexity index is 998. The molecule has 0 N–H and O–H groups in total. The summed E-state index contributed by atoms with van der Waals surface area (Å²) in [7, 11) is 0. The number of piperazine rings is 1. The molecule has 2 fully saturated rings. The Morgan fingerprint density at radius 1 is 1.12 bits per heavy atom. The topological polar surface area (TPSA) is 89.8 Å². The van der Waals surface area contributed by atoms with E-state index >= 15 is 0 Å². The lowest BCUT2D eigenvalue weighted by molar-refractivity contribution is -0.134. The fourth-order valence-corrected chi connectivity index (χ4v) is 4.43. The first-order valence-electron chi connectivity index (χ1n) is 10.9. The summed E-state index contributed by atoms with van der Waals surface area (Å²) in [5, 5.41) is 9.77. The van der Waals surface area contributed by atoms with E-state index in [1.54, 1.807) is 11.1 Å². The van der Waals surface area contributed by atoms with Crippen LogP contribution in [0.1, 0.15) is 35.3 Å². The van der Waals surface area contributed by atoms with Crippen LogP contribution in [0.3, 0.4) is 0 Å². The molecule has 32 heavy (non-hydrogen) atoms. The van der Waals surface area contributed by atoms with Crippen LogP contribution in [0.25, 0.3) is 0 Å². The van der Waals surface area contributed by atoms with E-state index in [9.17, 15) is 14.9 Å². The number of nitrogens with zero attached hydrogens (tertiary/aromatic N) is 5. The lowest BCUT2D eigenvalue weighted by atomic mass is 10.0. The van der Waals surface area contributed by atoms with Crippen LogP contribution >= 0.6 is 0 Å². The number of hydrogen-bond donors (Lipinski definition) is 0. The molecule has 0 bridgehead atoms. The summed E-state index contributed by atoms with van der Waals surface area (Å²) in [6, 6.07) is 15.1. The highest BCUT2D eigenvalue weighted by atomic mass is 16.6. The van der Waals surface area contributed by atoms with Gasteiger partial charge in [-0.1, -0.05) is 36.4 Å². The van der Waals surface area contributed by atoms with Crippen LogP contribution in [-0.2, 0) is 9.53 Å². The predicted molar refractivity (Wildman–Crippen MR) is 117 cm³/mol. The second-order valence-corrected chi connectivity index (χ2v) is 8.06. The Morgan fingerprint density at radius 3 is 2.50 bits per heavy atom. The third kappa shape index (κ3) is 4.58. The Morgan fingerprint density at radius 2 is 1.88 bits per heavy atom. The zero-order chi connectivity index (χ0) is 22.5. The molecule has 2 saturated heterocycles. The first-order chi connectivity index (χ1) is 15.6. The van der Waals surface area contributed by atoms with Crippen LogP contribution in [0, 0.1) is 18.3 Å². The molecule has 8 nitrogen and oxygen atoms in total. The van der Waals surface area contributed by atoms with Gasteiger partial charge in [0.25, 0.3) is 0 Å². The minimum absolute atomic E-state index is 0.00395. The van der Waals surface area contributed by atoms with Gasteiger partial charge in [-0.3, -0.25) is 19.6 Å². The van der Waals surface area contributed by atoms with Crippen molar-refractivity contribution in [2.45, 2.75) is 25.4 Å². The van der Waals surface area contributed by atoms with Gasteiger partial charge in [-0.15, -0.1) is 0 Å². The van der Waals surface area contributed by atoms with Crippen LogP contribution in [0.15, 0.2) is 48.7 Å². The molecule has 2 atom stereocenters. The first-order valence-corrected chi connectivity index (χ1v) is 10.9. The van der Waals surface area contributed by atoms with Gasteiger partial charge in [0, 0.05) is 43.6 Å². The largest absolute Gasteiger partial charge is 0.448 e. The van der Waals surface area contributed by atoms with Crippen molar-refractivity contribution in [3.05, 3.63) is 65.5 Å². The van der Waals surface area contributed by atoms with E-state index in [1.807, 2.05) is 54.3 Å². The number of hydrogen-bond acceptors (Lipinski definition) is 6. The molecule has 2 aromatic rings. The molecule has 3 heterocycles. The summed E-state index contributed by atoms with van der Waals surface area (Å²) in [6.07, 6.45) is 1.56. The molecule has 4 rings (SSSR count). The third-order valence-electron chi connectivity index (χ3n) is 6.22. The van der Waals surface area contributed by atoms with E-state index in [-0.39, 0.29) is 30.5 Å². The number of nitriles is 1. The number of cyclic esters (lactones) is 1. The van der Waals surface area contributed by atoms with Crippen molar-refractivity contribution in [3.63, 3.8) is 0 Å². The molecule has 2 aliphatic rings. The Labute approximate surface area is 188 Å². The molecule has 2 amide bonds. The number of rotatable bonds is 6. The summed E-state index contributed by atoms with van der Waals surface area (Å²) in [6.45, 7) is 5.04. The smallest absolute Gasteiger partial charge is 0.410 e. The standard InChI is InChI=1S/C24H27N5O3/c1-18-20(8-5-9-26-18)22(17-25)27-10-12-28(13-11-27)23(30)16-21(19-6-3-2-4-7-19)29-14-15-32-24(29)31/h2-9,21-22H,10-16H2,1H3. The normalized spacial score (nSPS) is 18.7. The van der Waals surface area contributed by atoms with E-state index in [0.717, 1.165) is 16.8 Å². The minimum Gasteiger partial charge on any atom is -0.448 e. The highest BCUT2D eigenvalue weighted by molar-refractivity contribution is 5.78. The molecule has 1 aromatic heterocycles. The van der Waals surface area contributed by atoms with Crippen LogP contribution in [-0.4, -0.2) is 71.0 Å². The quantitative estimate of drug-likeness (QED) is 0.696. The van der Waals surface area contributed by atoms with E-state index in [4.69, 9.17) is 4.74 Å². The SMILES string of the molecule is Cc1ncccc1C(C#N)N1CCN(C(=O)CC(c2ccccc2)N2CCOC2=O)CC1. The van der Waals surface area contributed by atoms with Crippen molar-refractivity contribution in [2.75, 3.05) is 39.3 Å². The molecule has 8 heteroatoms. The van der Waals surface area contributed by atoms with Crippen molar-refractivity contribution in [1.82, 2.24) is 19.7 Å². The maximum absolute atomic E-state index is 13.2. The predicted octanol–water partition coefficient (Wildman–Crippen LogP) is 2.68. The van der Waals surface area contributed by atoms with Gasteiger partial charge in [-0.25, -0.2) is 4.79 Å². The molecule has 0 saturated carbocycles. The molecule has 0 radical (unpaired) electrons. The van der Waals surface area contributed by atoms with E-state index in [0.29, 0.717) is 39.3 Å². The monoisotopic (exact) mass is 433 g/mol. The average Bonchev–Trinajstić information content (AvgIpc) is 3.25. The van der Waals surface area contributed by atoms with Gasteiger partial charge in [0.1, 0.15) is 12.6 Å². The maximum Gasteiger partial charge on any atom is 0.410 e. The van der Waals surface area contributed by atoms with Crippen LogP contribution < -0.4 is 0 Å². The highest BCUT2D eigenvalue weighted by Crippen LogP contribution is 2.29. The average molecular weight is 434 g/mol. The number of ether oxygens (including phenoxy) is 1. The molecular weight excluding hydrogens is 406 g/mol. The lowest BCUT2D eigenvalue weighted by Gasteiger charge is -2.38. The summed E-state index contributed by atoms with van der Waals surface area (Å²) < 4.78 is 5.12. The van der Waals surface area contributed by atoms with Gasteiger partial charge < -0.3 is 9.64 Å². The van der Waals surface area contributed by atoms with Crippen LogP contribution in [0.4, 0.5) is 4.79 Å². The second kappa shape index (κ2) is 9.79. The second-order valence-electron chi connectivity index (χ2n) is 8.06. The van der Waals surface area contributed by atoms with Gasteiger partial charge >= 0.3 is 6.09 Å². The van der Waals surface area contributed by atoms with Crippen molar-refractivity contribution >= 4 is 12.0 Å². The number of aryl methyl sites for hydroxylation is 1. The first kappa shape index (κ1) is 21.8. The van der Waals surface area contributed by atoms with E-state index in [2.05, 4.69) is 16.0 Å². The van der Waals surface area contributed by atoms with Gasteiger partial charge in [-0.05, 0) is 18.6 Å². The van der Waals surface area contributed by atoms with Gasteiger partial charge in [0.05, 0.1) is 25.1 Å². The van der Waals surface area contributed by atoms with Crippen molar-refractivity contribution in [1.29, 1.82) is 5.26 Å². The van der Waals surface area contributed by atoms with Gasteiger partial charge in [0.15, 0.2) is 0 Å². The van der Waals surface area contributed by atoms with Crippen LogP contribution in [0.5, 0.6) is 0 Å². The van der Waals surface area contributed by atoms with Gasteiger partial charge in [-0.2, -0.15) is 5.26 Å². The molecule has 0 spiro atoms. The Balaban J connectivity index is 1.41. The number of amides is 2. The highest BCUT2D eigenvalue weighted by Gasteiger charge is 2.34. The van der Waals surface area contributed by atoms with E-state index in [1.165, 1.54) is 0 Å². The minimum atomic E-state index is -0.377. The molecular formula is C24H27N5O3. The fraction of sp³-hybridized carbons (Fsp3) is 0.417. The Kier molecular flexibility index (Phi) is 6.66. The zero-order valence-corrected chi connectivity index (χ0v) is 18.2. The van der Waals surface area contributed by atoms with Crippen LogP contribution in [0.2, 0.25) is 0 Å². The van der Waals surface area contributed by atoms with E-state index < -0.39 is 0 Å². The fourth-order valence-electron chi connectivity index (χ4n) is 4.43. The molecule has 1 aromatic carbocycles. The number of pyridine rings is 1. The maximum atomic E-state index is 13.2. The Hall–Kier alpha value is -3.44.